The quantitative estimate of drug-likeness (QED) is 0.560. The Hall–Kier alpha value is -2.56. The molecule has 2 aromatic carbocycles. The first kappa shape index (κ1) is 18.8. The predicted molar refractivity (Wildman–Crippen MR) is 117 cm³/mol. The van der Waals surface area contributed by atoms with Crippen LogP contribution in [0.1, 0.15) is 18.4 Å². The molecule has 1 fully saturated rings. The molecule has 0 aromatic heterocycles. The summed E-state index contributed by atoms with van der Waals surface area (Å²) in [5.74, 6) is 0. The van der Waals surface area contributed by atoms with Crippen LogP contribution in [0.25, 0.3) is 6.08 Å². The number of ether oxygens (including phenoxy) is 1. The Labute approximate surface area is 171 Å². The van der Waals surface area contributed by atoms with Gasteiger partial charge in [0.1, 0.15) is 0 Å². The Balaban J connectivity index is 1.61. The number of hydrogen-bond donors (Lipinski definition) is 1. The molecule has 28 heavy (non-hydrogen) atoms. The molecule has 0 radical (unpaired) electrons. The molecule has 4 rings (SSSR count). The highest BCUT2D eigenvalue weighted by Gasteiger charge is 2.25. The molecule has 5 heteroatoms. The summed E-state index contributed by atoms with van der Waals surface area (Å²) in [5, 5.41) is 5.13. The highest BCUT2D eigenvalue weighted by molar-refractivity contribution is 6.33. The van der Waals surface area contributed by atoms with Gasteiger partial charge in [-0.25, -0.2) is 0 Å². The summed E-state index contributed by atoms with van der Waals surface area (Å²) in [6.45, 7) is 3.36. The van der Waals surface area contributed by atoms with Gasteiger partial charge in [-0.1, -0.05) is 54.1 Å². The van der Waals surface area contributed by atoms with Crippen molar-refractivity contribution in [2.24, 2.45) is 5.10 Å². The number of nitrogens with zero attached hydrogens (tertiary/aromatic N) is 2. The van der Waals surface area contributed by atoms with Crippen molar-refractivity contribution in [2.45, 2.75) is 12.8 Å². The zero-order valence-corrected chi connectivity index (χ0v) is 16.5. The second kappa shape index (κ2) is 9.09. The molecule has 0 bridgehead atoms. The maximum Gasteiger partial charge on any atom is 0.0748 e. The number of anilines is 1. The average Bonchev–Trinajstić information content (AvgIpc) is 3.13. The van der Waals surface area contributed by atoms with E-state index in [1.165, 1.54) is 22.4 Å². The van der Waals surface area contributed by atoms with Crippen LogP contribution in [0.4, 0.5) is 5.69 Å². The van der Waals surface area contributed by atoms with E-state index in [0.29, 0.717) is 5.02 Å². The highest BCUT2D eigenvalue weighted by atomic mass is 35.5. The first-order valence-corrected chi connectivity index (χ1v) is 10.0. The van der Waals surface area contributed by atoms with Crippen molar-refractivity contribution < 1.29 is 4.74 Å². The van der Waals surface area contributed by atoms with Gasteiger partial charge >= 0.3 is 0 Å². The maximum absolute atomic E-state index is 6.20. The summed E-state index contributed by atoms with van der Waals surface area (Å²) in [5.41, 5.74) is 9.04. The zero-order valence-electron chi connectivity index (χ0n) is 15.8. The lowest BCUT2D eigenvalue weighted by Crippen LogP contribution is -2.36. The topological polar surface area (TPSA) is 36.9 Å². The van der Waals surface area contributed by atoms with Crippen LogP contribution in [-0.2, 0) is 4.74 Å². The molecule has 1 aliphatic heterocycles. The second-order valence-corrected chi connectivity index (χ2v) is 7.31. The van der Waals surface area contributed by atoms with Crippen LogP contribution in [0.15, 0.2) is 76.5 Å². The van der Waals surface area contributed by atoms with E-state index in [1.807, 2.05) is 36.5 Å². The van der Waals surface area contributed by atoms with E-state index in [1.54, 1.807) is 0 Å². The third kappa shape index (κ3) is 4.46. The van der Waals surface area contributed by atoms with Crippen molar-refractivity contribution in [3.05, 3.63) is 82.0 Å². The van der Waals surface area contributed by atoms with Gasteiger partial charge in [-0.05, 0) is 47.8 Å². The van der Waals surface area contributed by atoms with Gasteiger partial charge in [0.2, 0.25) is 0 Å². The van der Waals surface area contributed by atoms with Gasteiger partial charge in [-0.3, -0.25) is 5.43 Å². The molecule has 1 heterocycles. The number of morpholine rings is 1. The highest BCUT2D eigenvalue weighted by Crippen LogP contribution is 2.35. The number of halogens is 1. The molecule has 0 atom stereocenters. The van der Waals surface area contributed by atoms with Crippen molar-refractivity contribution in [3.8, 4) is 0 Å². The number of allylic oxidation sites excluding steroid dienone is 2. The van der Waals surface area contributed by atoms with Gasteiger partial charge in [0, 0.05) is 18.8 Å². The first-order valence-electron chi connectivity index (χ1n) is 9.67. The lowest BCUT2D eigenvalue weighted by atomic mass is 10.1. The van der Waals surface area contributed by atoms with Crippen LogP contribution < -0.4 is 5.43 Å². The number of rotatable bonds is 5. The van der Waals surface area contributed by atoms with E-state index in [-0.39, 0.29) is 0 Å². The fraction of sp³-hybridized carbons (Fsp3) is 0.261. The summed E-state index contributed by atoms with van der Waals surface area (Å²) >= 11 is 6.20. The average molecular weight is 394 g/mol. The van der Waals surface area contributed by atoms with Crippen molar-refractivity contribution >= 4 is 29.6 Å². The SMILES string of the molecule is Clc1ccccc1N/N=C/C1=C(N2CCOCC2)C(=C/c2ccccc2)/CC1. The molecule has 1 N–H and O–H groups in total. The number of para-hydroxylation sites is 1. The monoisotopic (exact) mass is 393 g/mol. The molecule has 1 saturated heterocycles. The van der Waals surface area contributed by atoms with Crippen LogP contribution in [0.3, 0.4) is 0 Å². The number of hydrazone groups is 1. The first-order chi connectivity index (χ1) is 13.8. The standard InChI is InChI=1S/C23H24ClN3O/c24-21-8-4-5-9-22(21)26-25-17-20-11-10-19(16-18-6-2-1-3-7-18)23(20)27-12-14-28-15-13-27/h1-9,16-17,26H,10-15H2/b19-16+,25-17+. The lowest BCUT2D eigenvalue weighted by Gasteiger charge is -2.31. The van der Waals surface area contributed by atoms with Gasteiger partial charge in [0.25, 0.3) is 0 Å². The Bertz CT molecular complexity index is 899. The van der Waals surface area contributed by atoms with Crippen LogP contribution in [0, 0.1) is 0 Å². The second-order valence-electron chi connectivity index (χ2n) is 6.90. The van der Waals surface area contributed by atoms with Crippen LogP contribution in [-0.4, -0.2) is 37.4 Å². The Kier molecular flexibility index (Phi) is 6.10. The predicted octanol–water partition coefficient (Wildman–Crippen LogP) is 5.20. The third-order valence-electron chi connectivity index (χ3n) is 5.02. The fourth-order valence-electron chi connectivity index (χ4n) is 3.65. The number of benzene rings is 2. The molecular weight excluding hydrogens is 370 g/mol. The van der Waals surface area contributed by atoms with E-state index in [0.717, 1.165) is 44.8 Å². The molecule has 1 aliphatic carbocycles. The van der Waals surface area contributed by atoms with Crippen LogP contribution in [0.2, 0.25) is 5.02 Å². The molecule has 0 saturated carbocycles. The van der Waals surface area contributed by atoms with Crippen molar-refractivity contribution in [1.29, 1.82) is 0 Å². The number of hydrogen-bond acceptors (Lipinski definition) is 4. The molecule has 0 amide bonds. The van der Waals surface area contributed by atoms with Crippen LogP contribution >= 0.6 is 11.6 Å². The van der Waals surface area contributed by atoms with Gasteiger partial charge in [-0.15, -0.1) is 0 Å². The van der Waals surface area contributed by atoms with Crippen molar-refractivity contribution in [1.82, 2.24) is 4.90 Å². The normalized spacial score (nSPS) is 19.0. The fourth-order valence-corrected chi connectivity index (χ4v) is 3.83. The molecule has 0 spiro atoms. The minimum Gasteiger partial charge on any atom is -0.378 e. The molecule has 4 nitrogen and oxygen atoms in total. The summed E-state index contributed by atoms with van der Waals surface area (Å²) in [6, 6.07) is 18.1. The summed E-state index contributed by atoms with van der Waals surface area (Å²) in [4.78, 5) is 2.43. The molecule has 2 aromatic rings. The summed E-state index contributed by atoms with van der Waals surface area (Å²) < 4.78 is 5.56. The number of nitrogens with one attached hydrogen (secondary N) is 1. The van der Waals surface area contributed by atoms with Crippen LogP contribution in [0.5, 0.6) is 0 Å². The van der Waals surface area contributed by atoms with E-state index in [2.05, 4.69) is 45.8 Å². The Morgan fingerprint density at radius 1 is 0.964 bits per heavy atom. The minimum absolute atomic E-state index is 0.665. The van der Waals surface area contributed by atoms with E-state index in [4.69, 9.17) is 16.3 Å². The van der Waals surface area contributed by atoms with Gasteiger partial charge in [0.15, 0.2) is 0 Å². The van der Waals surface area contributed by atoms with E-state index in [9.17, 15) is 0 Å². The molecular formula is C23H24ClN3O. The molecule has 144 valence electrons. The largest absolute Gasteiger partial charge is 0.378 e. The molecule has 2 aliphatic rings. The Morgan fingerprint density at radius 2 is 1.71 bits per heavy atom. The maximum atomic E-state index is 6.20. The third-order valence-corrected chi connectivity index (χ3v) is 5.35. The van der Waals surface area contributed by atoms with E-state index >= 15 is 0 Å². The Morgan fingerprint density at radius 3 is 2.50 bits per heavy atom. The minimum atomic E-state index is 0.665. The summed E-state index contributed by atoms with van der Waals surface area (Å²) in [7, 11) is 0. The smallest absolute Gasteiger partial charge is 0.0748 e. The van der Waals surface area contributed by atoms with Gasteiger partial charge in [-0.2, -0.15) is 5.10 Å². The van der Waals surface area contributed by atoms with Crippen molar-refractivity contribution in [2.75, 3.05) is 31.7 Å². The summed E-state index contributed by atoms with van der Waals surface area (Å²) in [6.07, 6.45) is 6.25. The molecule has 0 unspecified atom stereocenters. The van der Waals surface area contributed by atoms with Gasteiger partial charge in [0.05, 0.1) is 30.1 Å². The van der Waals surface area contributed by atoms with E-state index < -0.39 is 0 Å². The van der Waals surface area contributed by atoms with Gasteiger partial charge < -0.3 is 9.64 Å². The lowest BCUT2D eigenvalue weighted by molar-refractivity contribution is 0.0548. The van der Waals surface area contributed by atoms with Crippen molar-refractivity contribution in [3.63, 3.8) is 0 Å². The zero-order chi connectivity index (χ0) is 19.2.